The summed E-state index contributed by atoms with van der Waals surface area (Å²) in [5, 5.41) is 0. The fraction of sp³-hybridized carbons (Fsp3) is 0.438. The largest absolute Gasteiger partial charge is 0.485 e. The Kier molecular flexibility index (Phi) is 4.90. The van der Waals surface area contributed by atoms with E-state index in [9.17, 15) is 4.79 Å². The molecule has 0 N–H and O–H groups in total. The van der Waals surface area contributed by atoms with E-state index < -0.39 is 11.2 Å². The van der Waals surface area contributed by atoms with E-state index in [-0.39, 0.29) is 5.78 Å². The van der Waals surface area contributed by atoms with Gasteiger partial charge in [0.2, 0.25) is 0 Å². The molecule has 1 aromatic rings. The first kappa shape index (κ1) is 15.4. The van der Waals surface area contributed by atoms with E-state index in [1.807, 2.05) is 44.2 Å². The summed E-state index contributed by atoms with van der Waals surface area (Å²) in [6.07, 6.45) is 1.28. The SMILES string of the molecule is C=CC(=O)C(C)(C)OCC(C)(C)Oc1ccccc1. The lowest BCUT2D eigenvalue weighted by Crippen LogP contribution is -2.42. The second kappa shape index (κ2) is 6.02. The Hall–Kier alpha value is -1.61. The third-order valence-corrected chi connectivity index (χ3v) is 2.70. The summed E-state index contributed by atoms with van der Waals surface area (Å²) >= 11 is 0. The van der Waals surface area contributed by atoms with E-state index in [4.69, 9.17) is 9.47 Å². The average molecular weight is 262 g/mol. The van der Waals surface area contributed by atoms with E-state index in [1.165, 1.54) is 6.08 Å². The molecule has 0 saturated heterocycles. The van der Waals surface area contributed by atoms with Gasteiger partial charge in [0.15, 0.2) is 5.78 Å². The van der Waals surface area contributed by atoms with E-state index in [2.05, 4.69) is 6.58 Å². The molecule has 3 nitrogen and oxygen atoms in total. The summed E-state index contributed by atoms with van der Waals surface area (Å²) in [6.45, 7) is 11.1. The van der Waals surface area contributed by atoms with Crippen LogP contribution in [-0.4, -0.2) is 23.6 Å². The van der Waals surface area contributed by atoms with Crippen LogP contribution < -0.4 is 4.74 Å². The van der Waals surface area contributed by atoms with Crippen LogP contribution in [0.4, 0.5) is 0 Å². The molecule has 104 valence electrons. The highest BCUT2D eigenvalue weighted by atomic mass is 16.6. The second-order valence-corrected chi connectivity index (χ2v) is 5.54. The van der Waals surface area contributed by atoms with Crippen molar-refractivity contribution >= 4 is 5.78 Å². The normalized spacial score (nSPS) is 12.0. The number of carbonyl (C=O) groups excluding carboxylic acids is 1. The molecule has 0 unspecified atom stereocenters. The summed E-state index contributed by atoms with van der Waals surface area (Å²) in [5.41, 5.74) is -1.39. The molecule has 0 heterocycles. The van der Waals surface area contributed by atoms with Gasteiger partial charge in [-0.3, -0.25) is 4.79 Å². The zero-order valence-electron chi connectivity index (χ0n) is 12.1. The van der Waals surface area contributed by atoms with Gasteiger partial charge in [-0.25, -0.2) is 0 Å². The molecule has 0 aliphatic rings. The number of carbonyl (C=O) groups is 1. The van der Waals surface area contributed by atoms with Crippen LogP contribution >= 0.6 is 0 Å². The summed E-state index contributed by atoms with van der Waals surface area (Å²) in [7, 11) is 0. The maximum Gasteiger partial charge on any atom is 0.186 e. The molecule has 0 aliphatic carbocycles. The van der Waals surface area contributed by atoms with E-state index in [0.29, 0.717) is 6.61 Å². The smallest absolute Gasteiger partial charge is 0.186 e. The van der Waals surface area contributed by atoms with Gasteiger partial charge < -0.3 is 9.47 Å². The molecule has 3 heteroatoms. The average Bonchev–Trinajstić information content (AvgIpc) is 2.36. The number of ketones is 1. The van der Waals surface area contributed by atoms with Crippen LogP contribution in [0.25, 0.3) is 0 Å². The van der Waals surface area contributed by atoms with Crippen molar-refractivity contribution in [3.8, 4) is 5.75 Å². The highest BCUT2D eigenvalue weighted by Gasteiger charge is 2.30. The maximum absolute atomic E-state index is 11.6. The minimum absolute atomic E-state index is 0.136. The first-order valence-electron chi connectivity index (χ1n) is 6.32. The van der Waals surface area contributed by atoms with E-state index in [0.717, 1.165) is 5.75 Å². The summed E-state index contributed by atoms with van der Waals surface area (Å²) in [6, 6.07) is 9.54. The molecule has 1 rings (SSSR count). The molecule has 0 saturated carbocycles. The molecule has 0 amide bonds. The van der Waals surface area contributed by atoms with Crippen LogP contribution in [0.15, 0.2) is 43.0 Å². The lowest BCUT2D eigenvalue weighted by atomic mass is 10.0. The number of rotatable bonds is 7. The minimum Gasteiger partial charge on any atom is -0.485 e. The van der Waals surface area contributed by atoms with Crippen LogP contribution in [0.1, 0.15) is 27.7 Å². The van der Waals surface area contributed by atoms with Crippen molar-refractivity contribution in [2.24, 2.45) is 0 Å². The second-order valence-electron chi connectivity index (χ2n) is 5.54. The van der Waals surface area contributed by atoms with Crippen molar-refractivity contribution in [3.63, 3.8) is 0 Å². The van der Waals surface area contributed by atoms with Gasteiger partial charge in [-0.05, 0) is 45.9 Å². The molecular weight excluding hydrogens is 240 g/mol. The predicted octanol–water partition coefficient (Wildman–Crippen LogP) is 3.39. The van der Waals surface area contributed by atoms with Crippen LogP contribution in [0, 0.1) is 0 Å². The van der Waals surface area contributed by atoms with Crippen LogP contribution in [0.5, 0.6) is 5.75 Å². The number of ether oxygens (including phenoxy) is 2. The number of benzene rings is 1. The molecule has 0 spiro atoms. The molecule has 0 atom stereocenters. The first-order valence-corrected chi connectivity index (χ1v) is 6.32. The van der Waals surface area contributed by atoms with Gasteiger partial charge in [-0.2, -0.15) is 0 Å². The highest BCUT2D eigenvalue weighted by Crippen LogP contribution is 2.21. The summed E-state index contributed by atoms with van der Waals surface area (Å²) in [5.74, 6) is 0.645. The number of hydrogen-bond donors (Lipinski definition) is 0. The van der Waals surface area contributed by atoms with Crippen LogP contribution in [0.2, 0.25) is 0 Å². The molecule has 0 radical (unpaired) electrons. The number of para-hydroxylation sites is 1. The van der Waals surface area contributed by atoms with Crippen molar-refractivity contribution < 1.29 is 14.3 Å². The predicted molar refractivity (Wildman–Crippen MR) is 76.4 cm³/mol. The Bertz CT molecular complexity index is 433. The molecular formula is C16H22O3. The van der Waals surface area contributed by atoms with Gasteiger partial charge in [-0.15, -0.1) is 0 Å². The Morgan fingerprint density at radius 1 is 1.21 bits per heavy atom. The zero-order valence-corrected chi connectivity index (χ0v) is 12.1. The highest BCUT2D eigenvalue weighted by molar-refractivity contribution is 5.95. The Morgan fingerprint density at radius 3 is 2.32 bits per heavy atom. The van der Waals surface area contributed by atoms with Crippen molar-refractivity contribution in [2.75, 3.05) is 6.61 Å². The quantitative estimate of drug-likeness (QED) is 0.706. The molecule has 19 heavy (non-hydrogen) atoms. The monoisotopic (exact) mass is 262 g/mol. The van der Waals surface area contributed by atoms with E-state index in [1.54, 1.807) is 13.8 Å². The van der Waals surface area contributed by atoms with Gasteiger partial charge in [0.1, 0.15) is 17.0 Å². The third-order valence-electron chi connectivity index (χ3n) is 2.70. The molecule has 0 fully saturated rings. The van der Waals surface area contributed by atoms with Gasteiger partial charge in [0.05, 0.1) is 6.61 Å². The molecule has 0 aliphatic heterocycles. The Morgan fingerprint density at radius 2 is 1.79 bits per heavy atom. The lowest BCUT2D eigenvalue weighted by molar-refractivity contribution is -0.141. The van der Waals surface area contributed by atoms with Crippen molar-refractivity contribution in [1.29, 1.82) is 0 Å². The van der Waals surface area contributed by atoms with Crippen molar-refractivity contribution in [3.05, 3.63) is 43.0 Å². The van der Waals surface area contributed by atoms with Crippen LogP contribution in [-0.2, 0) is 9.53 Å². The summed E-state index contributed by atoms with van der Waals surface area (Å²) < 4.78 is 11.5. The van der Waals surface area contributed by atoms with Crippen molar-refractivity contribution in [2.45, 2.75) is 38.9 Å². The fourth-order valence-electron chi connectivity index (χ4n) is 1.51. The zero-order chi connectivity index (χ0) is 14.5. The lowest BCUT2D eigenvalue weighted by Gasteiger charge is -2.31. The van der Waals surface area contributed by atoms with Gasteiger partial charge in [-0.1, -0.05) is 24.8 Å². The fourth-order valence-corrected chi connectivity index (χ4v) is 1.51. The van der Waals surface area contributed by atoms with Gasteiger partial charge >= 0.3 is 0 Å². The standard InChI is InChI=1S/C16H22O3/c1-6-14(17)16(4,5)18-12-15(2,3)19-13-10-8-7-9-11-13/h6-11H,1,12H2,2-5H3. The van der Waals surface area contributed by atoms with Crippen LogP contribution in [0.3, 0.4) is 0 Å². The van der Waals surface area contributed by atoms with Crippen molar-refractivity contribution in [1.82, 2.24) is 0 Å². The summed E-state index contributed by atoms with van der Waals surface area (Å²) in [4.78, 5) is 11.6. The van der Waals surface area contributed by atoms with Gasteiger partial charge in [0, 0.05) is 0 Å². The topological polar surface area (TPSA) is 35.5 Å². The minimum atomic E-state index is -0.876. The first-order chi connectivity index (χ1) is 8.77. The third kappa shape index (κ3) is 4.87. The molecule has 0 bridgehead atoms. The van der Waals surface area contributed by atoms with Gasteiger partial charge in [0.25, 0.3) is 0 Å². The molecule has 1 aromatic carbocycles. The van der Waals surface area contributed by atoms with E-state index >= 15 is 0 Å². The number of hydrogen-bond acceptors (Lipinski definition) is 3. The Labute approximate surface area is 115 Å². The molecule has 0 aromatic heterocycles. The Balaban J connectivity index is 2.60. The maximum atomic E-state index is 11.6.